The molecule has 0 aromatic rings. The van der Waals surface area contributed by atoms with Crippen LogP contribution in [0.25, 0.3) is 0 Å². The van der Waals surface area contributed by atoms with Crippen molar-refractivity contribution < 1.29 is 14.7 Å². The first kappa shape index (κ1) is 12.1. The lowest BCUT2D eigenvalue weighted by Gasteiger charge is -2.21. The van der Waals surface area contributed by atoms with Gasteiger partial charge in [-0.1, -0.05) is 0 Å². The number of hydrogen-bond donors (Lipinski definition) is 1. The van der Waals surface area contributed by atoms with E-state index >= 15 is 0 Å². The molecule has 0 heterocycles. The van der Waals surface area contributed by atoms with Crippen molar-refractivity contribution in [2.45, 2.75) is 31.7 Å². The van der Waals surface area contributed by atoms with Crippen LogP contribution >= 0.6 is 12.4 Å². The second-order valence-corrected chi connectivity index (χ2v) is 3.06. The zero-order chi connectivity index (χ0) is 8.97. The van der Waals surface area contributed by atoms with E-state index in [9.17, 15) is 9.59 Å². The van der Waals surface area contributed by atoms with Gasteiger partial charge >= 0.3 is 5.97 Å². The molecular weight excluding hydrogens is 194 g/mol. The van der Waals surface area contributed by atoms with Gasteiger partial charge in [-0.25, -0.2) is 9.79 Å². The number of carboxylic acids is 1. The van der Waals surface area contributed by atoms with Crippen LogP contribution in [0.2, 0.25) is 0 Å². The molecule has 0 amide bonds. The predicted octanol–water partition coefficient (Wildman–Crippen LogP) is 1.39. The molecule has 0 aliphatic heterocycles. The van der Waals surface area contributed by atoms with Gasteiger partial charge in [-0.3, -0.25) is 4.79 Å². The summed E-state index contributed by atoms with van der Waals surface area (Å²) in [6.45, 7) is 0. The molecule has 1 aliphatic rings. The van der Waals surface area contributed by atoms with E-state index in [1.807, 2.05) is 0 Å². The molecule has 13 heavy (non-hydrogen) atoms. The molecule has 74 valence electrons. The summed E-state index contributed by atoms with van der Waals surface area (Å²) in [6, 6.07) is 0.0121. The molecule has 0 aromatic carbocycles. The van der Waals surface area contributed by atoms with Crippen molar-refractivity contribution in [3.8, 4) is 0 Å². The Kier molecular flexibility index (Phi) is 5.35. The van der Waals surface area contributed by atoms with Gasteiger partial charge in [-0.15, -0.1) is 12.4 Å². The first-order valence-corrected chi connectivity index (χ1v) is 4.04. The van der Waals surface area contributed by atoms with Crippen LogP contribution in [-0.2, 0) is 9.59 Å². The smallest absolute Gasteiger partial charge is 0.306 e. The lowest BCUT2D eigenvalue weighted by molar-refractivity contribution is -0.142. The molecule has 0 bridgehead atoms. The molecule has 1 rings (SSSR count). The summed E-state index contributed by atoms with van der Waals surface area (Å²) in [5, 5.41) is 8.65. The minimum Gasteiger partial charge on any atom is -0.481 e. The number of hydrogen-bond acceptors (Lipinski definition) is 3. The largest absolute Gasteiger partial charge is 0.481 e. The number of halogens is 1. The molecule has 4 nitrogen and oxygen atoms in total. The Morgan fingerprint density at radius 2 is 1.85 bits per heavy atom. The third-order valence-corrected chi connectivity index (χ3v) is 2.28. The minimum atomic E-state index is -0.733. The third kappa shape index (κ3) is 3.57. The average molecular weight is 206 g/mol. The Bertz CT molecular complexity index is 207. The molecule has 1 saturated carbocycles. The summed E-state index contributed by atoms with van der Waals surface area (Å²) in [4.78, 5) is 24.0. The average Bonchev–Trinajstić information content (AvgIpc) is 2.06. The van der Waals surface area contributed by atoms with E-state index in [-0.39, 0.29) is 24.4 Å². The number of nitrogens with zero attached hydrogens (tertiary/aromatic N) is 1. The number of aliphatic carboxylic acids is 1. The molecule has 1 fully saturated rings. The van der Waals surface area contributed by atoms with Crippen molar-refractivity contribution in [1.82, 2.24) is 0 Å². The fourth-order valence-electron chi connectivity index (χ4n) is 1.53. The molecule has 5 heteroatoms. The quantitative estimate of drug-likeness (QED) is 0.547. The van der Waals surface area contributed by atoms with Crippen molar-refractivity contribution in [3.63, 3.8) is 0 Å². The van der Waals surface area contributed by atoms with Gasteiger partial charge in [0.2, 0.25) is 6.08 Å². The van der Waals surface area contributed by atoms with Gasteiger partial charge in [0.25, 0.3) is 0 Å². The van der Waals surface area contributed by atoms with Crippen molar-refractivity contribution >= 4 is 24.5 Å². The molecule has 0 saturated heterocycles. The predicted molar refractivity (Wildman–Crippen MR) is 48.8 cm³/mol. The van der Waals surface area contributed by atoms with Gasteiger partial charge in [0.05, 0.1) is 12.0 Å². The van der Waals surface area contributed by atoms with Crippen LogP contribution in [0.4, 0.5) is 0 Å². The number of carbonyl (C=O) groups excluding carboxylic acids is 1. The summed E-state index contributed by atoms with van der Waals surface area (Å²) < 4.78 is 0. The molecule has 0 unspecified atom stereocenters. The highest BCUT2D eigenvalue weighted by atomic mass is 35.5. The van der Waals surface area contributed by atoms with Crippen LogP contribution in [0.1, 0.15) is 25.7 Å². The molecule has 1 aliphatic carbocycles. The van der Waals surface area contributed by atoms with E-state index in [1.165, 1.54) is 6.08 Å². The van der Waals surface area contributed by atoms with Crippen LogP contribution in [0.3, 0.4) is 0 Å². The maximum absolute atomic E-state index is 10.5. The maximum Gasteiger partial charge on any atom is 0.306 e. The lowest BCUT2D eigenvalue weighted by atomic mass is 9.86. The molecule has 0 atom stereocenters. The SMILES string of the molecule is Cl.O=C=NC1CCC(C(=O)O)CC1. The Balaban J connectivity index is 0.00000144. The lowest BCUT2D eigenvalue weighted by Crippen LogP contribution is -2.22. The number of isocyanates is 1. The van der Waals surface area contributed by atoms with Gasteiger partial charge in [-0.2, -0.15) is 0 Å². The Labute approximate surface area is 82.5 Å². The number of rotatable bonds is 2. The number of carbonyl (C=O) groups is 1. The molecular formula is C8H12ClNO3. The zero-order valence-electron chi connectivity index (χ0n) is 7.10. The Hall–Kier alpha value is -0.860. The van der Waals surface area contributed by atoms with Crippen LogP contribution < -0.4 is 0 Å². The van der Waals surface area contributed by atoms with Crippen LogP contribution in [-0.4, -0.2) is 23.2 Å². The summed E-state index contributed by atoms with van der Waals surface area (Å²) in [7, 11) is 0. The first-order valence-electron chi connectivity index (χ1n) is 4.04. The summed E-state index contributed by atoms with van der Waals surface area (Å²) >= 11 is 0. The third-order valence-electron chi connectivity index (χ3n) is 2.28. The van der Waals surface area contributed by atoms with Gasteiger partial charge in [-0.05, 0) is 25.7 Å². The topological polar surface area (TPSA) is 66.7 Å². The van der Waals surface area contributed by atoms with E-state index in [2.05, 4.69) is 4.99 Å². The fraction of sp³-hybridized carbons (Fsp3) is 0.750. The van der Waals surface area contributed by atoms with E-state index in [4.69, 9.17) is 5.11 Å². The van der Waals surface area contributed by atoms with E-state index in [0.29, 0.717) is 25.7 Å². The first-order chi connectivity index (χ1) is 5.74. The molecule has 1 N–H and O–H groups in total. The van der Waals surface area contributed by atoms with Gasteiger partial charge in [0, 0.05) is 0 Å². The highest BCUT2D eigenvalue weighted by Crippen LogP contribution is 2.25. The van der Waals surface area contributed by atoms with E-state index < -0.39 is 5.97 Å². The van der Waals surface area contributed by atoms with Crippen LogP contribution in [0, 0.1) is 5.92 Å². The van der Waals surface area contributed by atoms with E-state index in [0.717, 1.165) is 0 Å². The van der Waals surface area contributed by atoms with Crippen LogP contribution in [0.15, 0.2) is 4.99 Å². The molecule has 0 spiro atoms. The van der Waals surface area contributed by atoms with Gasteiger partial charge < -0.3 is 5.11 Å². The standard InChI is InChI=1S/C8H11NO3.ClH/c10-5-9-7-3-1-6(2-4-7)8(11)12;/h6-7H,1-4H2,(H,11,12);1H. The van der Waals surface area contributed by atoms with Gasteiger partial charge in [0.1, 0.15) is 0 Å². The second kappa shape index (κ2) is 5.73. The van der Waals surface area contributed by atoms with Crippen molar-refractivity contribution in [2.24, 2.45) is 10.9 Å². The second-order valence-electron chi connectivity index (χ2n) is 3.06. The fourth-order valence-corrected chi connectivity index (χ4v) is 1.53. The molecule has 0 aromatic heterocycles. The summed E-state index contributed by atoms with van der Waals surface area (Å²) in [5.41, 5.74) is 0. The van der Waals surface area contributed by atoms with Crippen LogP contribution in [0.5, 0.6) is 0 Å². The minimum absolute atomic E-state index is 0. The van der Waals surface area contributed by atoms with Crippen molar-refractivity contribution in [3.05, 3.63) is 0 Å². The van der Waals surface area contributed by atoms with Gasteiger partial charge in [0.15, 0.2) is 0 Å². The molecule has 0 radical (unpaired) electrons. The highest BCUT2D eigenvalue weighted by molar-refractivity contribution is 5.85. The maximum atomic E-state index is 10.5. The monoisotopic (exact) mass is 205 g/mol. The zero-order valence-corrected chi connectivity index (χ0v) is 7.92. The number of aliphatic imine (C=N–C) groups is 1. The van der Waals surface area contributed by atoms with Crippen molar-refractivity contribution in [1.29, 1.82) is 0 Å². The number of carboxylic acid groups (broad SMARTS) is 1. The van der Waals surface area contributed by atoms with E-state index in [1.54, 1.807) is 0 Å². The normalized spacial score (nSPS) is 26.8. The highest BCUT2D eigenvalue weighted by Gasteiger charge is 2.25. The van der Waals surface area contributed by atoms with Crippen molar-refractivity contribution in [2.75, 3.05) is 0 Å². The summed E-state index contributed by atoms with van der Waals surface area (Å²) in [6.07, 6.45) is 4.17. The summed E-state index contributed by atoms with van der Waals surface area (Å²) in [5.74, 6) is -0.966. The Morgan fingerprint density at radius 3 is 2.23 bits per heavy atom. The Morgan fingerprint density at radius 1 is 1.31 bits per heavy atom.